The first-order valence-corrected chi connectivity index (χ1v) is 6.66. The number of aryl methyl sites for hydroxylation is 1. The second kappa shape index (κ2) is 4.99. The number of hydrogen-bond donors (Lipinski definition) is 1. The monoisotopic (exact) mass is 255 g/mol. The smallest absolute Gasteiger partial charge is 0.168 e. The van der Waals surface area contributed by atoms with Crippen molar-refractivity contribution in [2.24, 2.45) is 7.05 Å². The summed E-state index contributed by atoms with van der Waals surface area (Å²) in [4.78, 5) is 9.72. The number of hydrogen-bond acceptors (Lipinski definition) is 5. The fraction of sp³-hybridized carbons (Fsp3) is 0.400. The van der Waals surface area contributed by atoms with Crippen LogP contribution in [0.5, 0.6) is 0 Å². The highest BCUT2D eigenvalue weighted by Crippen LogP contribution is 2.24. The van der Waals surface area contributed by atoms with Gasteiger partial charge in [-0.1, -0.05) is 11.8 Å². The number of thiazole rings is 1. The number of nitrogens with zero attached hydrogens (tertiary/aromatic N) is 3. The molecular formula is C10H13N3OS2. The van der Waals surface area contributed by atoms with Gasteiger partial charge >= 0.3 is 0 Å². The van der Waals surface area contributed by atoms with Crippen molar-refractivity contribution in [1.82, 2.24) is 14.5 Å². The molecule has 0 saturated carbocycles. The van der Waals surface area contributed by atoms with E-state index in [9.17, 15) is 0 Å². The maximum absolute atomic E-state index is 9.04. The zero-order valence-electron chi connectivity index (χ0n) is 9.17. The molecule has 0 aromatic carbocycles. The van der Waals surface area contributed by atoms with Crippen molar-refractivity contribution in [3.63, 3.8) is 0 Å². The Morgan fingerprint density at radius 1 is 1.44 bits per heavy atom. The summed E-state index contributed by atoms with van der Waals surface area (Å²) in [5.41, 5.74) is 0.836. The fourth-order valence-corrected chi connectivity index (χ4v) is 3.10. The molecule has 6 heteroatoms. The van der Waals surface area contributed by atoms with Crippen LogP contribution in [0, 0.1) is 6.92 Å². The number of aliphatic hydroxyl groups excluding tert-OH is 1. The Kier molecular flexibility index (Phi) is 3.63. The molecule has 0 aliphatic rings. The van der Waals surface area contributed by atoms with E-state index in [0.717, 1.165) is 21.6 Å². The molecule has 0 aliphatic carbocycles. The standard InChI is InChI=1S/C10H13N3OS2/c1-7-11-4-9(16-7)6-15-10-12-3-8(5-14)13(10)2/h3-4,14H,5-6H2,1-2H3. The third-order valence-electron chi connectivity index (χ3n) is 2.22. The van der Waals surface area contributed by atoms with Crippen LogP contribution in [0.4, 0.5) is 0 Å². The molecule has 0 radical (unpaired) electrons. The number of imidazole rings is 1. The molecule has 0 unspecified atom stereocenters. The molecule has 86 valence electrons. The first-order chi connectivity index (χ1) is 7.70. The molecule has 0 fully saturated rings. The average Bonchev–Trinajstić information content (AvgIpc) is 2.83. The van der Waals surface area contributed by atoms with Crippen LogP contribution in [0.15, 0.2) is 17.6 Å². The minimum Gasteiger partial charge on any atom is -0.390 e. The normalized spacial score (nSPS) is 10.9. The first-order valence-electron chi connectivity index (χ1n) is 4.86. The first kappa shape index (κ1) is 11.6. The van der Waals surface area contributed by atoms with Crippen LogP contribution in [-0.4, -0.2) is 19.6 Å². The van der Waals surface area contributed by atoms with E-state index in [1.54, 1.807) is 29.3 Å². The van der Waals surface area contributed by atoms with E-state index in [4.69, 9.17) is 5.11 Å². The quantitative estimate of drug-likeness (QED) is 0.849. The van der Waals surface area contributed by atoms with Gasteiger partial charge in [0.05, 0.1) is 23.5 Å². The van der Waals surface area contributed by atoms with E-state index in [1.165, 1.54) is 4.88 Å². The highest BCUT2D eigenvalue weighted by molar-refractivity contribution is 7.98. The van der Waals surface area contributed by atoms with Crippen molar-refractivity contribution in [2.45, 2.75) is 24.4 Å². The van der Waals surface area contributed by atoms with Crippen molar-refractivity contribution in [2.75, 3.05) is 0 Å². The lowest BCUT2D eigenvalue weighted by Crippen LogP contribution is -1.97. The Hall–Kier alpha value is -0.850. The highest BCUT2D eigenvalue weighted by Gasteiger charge is 2.07. The summed E-state index contributed by atoms with van der Waals surface area (Å²) in [7, 11) is 1.92. The summed E-state index contributed by atoms with van der Waals surface area (Å²) in [5, 5.41) is 11.1. The molecule has 16 heavy (non-hydrogen) atoms. The molecule has 2 rings (SSSR count). The Morgan fingerprint density at radius 2 is 2.25 bits per heavy atom. The number of thioether (sulfide) groups is 1. The average molecular weight is 255 g/mol. The third-order valence-corrected chi connectivity index (χ3v) is 4.40. The SMILES string of the molecule is Cc1ncc(CSc2ncc(CO)n2C)s1. The van der Waals surface area contributed by atoms with Gasteiger partial charge in [0.25, 0.3) is 0 Å². The summed E-state index contributed by atoms with van der Waals surface area (Å²) < 4.78 is 1.92. The minimum absolute atomic E-state index is 0.0315. The number of aliphatic hydroxyl groups is 1. The van der Waals surface area contributed by atoms with Crippen LogP contribution < -0.4 is 0 Å². The number of rotatable bonds is 4. The summed E-state index contributed by atoms with van der Waals surface area (Å²) in [5.74, 6) is 0.876. The molecule has 1 N–H and O–H groups in total. The zero-order chi connectivity index (χ0) is 11.5. The van der Waals surface area contributed by atoms with E-state index in [0.29, 0.717) is 0 Å². The van der Waals surface area contributed by atoms with Crippen molar-refractivity contribution in [1.29, 1.82) is 0 Å². The topological polar surface area (TPSA) is 50.9 Å². The summed E-state index contributed by atoms with van der Waals surface area (Å²) in [6, 6.07) is 0. The van der Waals surface area contributed by atoms with Crippen molar-refractivity contribution in [3.8, 4) is 0 Å². The van der Waals surface area contributed by atoms with Gasteiger partial charge in [0.1, 0.15) is 0 Å². The molecule has 2 heterocycles. The molecule has 0 bridgehead atoms. The van der Waals surface area contributed by atoms with Crippen LogP contribution >= 0.6 is 23.1 Å². The van der Waals surface area contributed by atoms with Gasteiger partial charge in [-0.3, -0.25) is 0 Å². The van der Waals surface area contributed by atoms with E-state index in [1.807, 2.05) is 24.7 Å². The summed E-state index contributed by atoms with van der Waals surface area (Å²) >= 11 is 3.37. The van der Waals surface area contributed by atoms with Crippen LogP contribution in [0.25, 0.3) is 0 Å². The summed E-state index contributed by atoms with van der Waals surface area (Å²) in [6.07, 6.45) is 3.61. The maximum atomic E-state index is 9.04. The van der Waals surface area contributed by atoms with Gasteiger partial charge in [-0.25, -0.2) is 9.97 Å². The lowest BCUT2D eigenvalue weighted by molar-refractivity contribution is 0.271. The third kappa shape index (κ3) is 2.45. The molecule has 0 amide bonds. The van der Waals surface area contributed by atoms with Crippen LogP contribution in [0.2, 0.25) is 0 Å². The van der Waals surface area contributed by atoms with E-state index >= 15 is 0 Å². The van der Waals surface area contributed by atoms with Gasteiger partial charge in [0, 0.05) is 23.9 Å². The van der Waals surface area contributed by atoms with Gasteiger partial charge < -0.3 is 9.67 Å². The zero-order valence-corrected chi connectivity index (χ0v) is 10.8. The Bertz CT molecular complexity index is 478. The van der Waals surface area contributed by atoms with Gasteiger partial charge in [-0.05, 0) is 6.92 Å². The van der Waals surface area contributed by atoms with Gasteiger partial charge in [-0.2, -0.15) is 0 Å². The Balaban J connectivity index is 2.02. The molecule has 0 atom stereocenters. The van der Waals surface area contributed by atoms with Crippen molar-refractivity contribution >= 4 is 23.1 Å². The lowest BCUT2D eigenvalue weighted by atomic mass is 10.5. The van der Waals surface area contributed by atoms with E-state index in [2.05, 4.69) is 9.97 Å². The largest absolute Gasteiger partial charge is 0.390 e. The van der Waals surface area contributed by atoms with Crippen molar-refractivity contribution < 1.29 is 5.11 Å². The molecule has 0 spiro atoms. The fourth-order valence-electron chi connectivity index (χ4n) is 1.31. The molecular weight excluding hydrogens is 242 g/mol. The predicted molar refractivity (Wildman–Crippen MR) is 65.5 cm³/mol. The van der Waals surface area contributed by atoms with Gasteiger partial charge in [-0.15, -0.1) is 11.3 Å². The molecule has 0 aliphatic heterocycles. The van der Waals surface area contributed by atoms with Crippen LogP contribution in [0.1, 0.15) is 15.6 Å². The highest BCUT2D eigenvalue weighted by atomic mass is 32.2. The van der Waals surface area contributed by atoms with E-state index in [-0.39, 0.29) is 6.61 Å². The summed E-state index contributed by atoms with van der Waals surface area (Å²) in [6.45, 7) is 2.03. The van der Waals surface area contributed by atoms with Gasteiger partial charge in [0.2, 0.25) is 0 Å². The second-order valence-electron chi connectivity index (χ2n) is 3.38. The number of aromatic nitrogens is 3. The van der Waals surface area contributed by atoms with Gasteiger partial charge in [0.15, 0.2) is 5.16 Å². The lowest BCUT2D eigenvalue weighted by Gasteiger charge is -2.02. The molecule has 0 saturated heterocycles. The predicted octanol–water partition coefficient (Wildman–Crippen LogP) is 1.97. The minimum atomic E-state index is 0.0315. The molecule has 4 nitrogen and oxygen atoms in total. The Labute approximate surface area is 102 Å². The second-order valence-corrected chi connectivity index (χ2v) is 5.65. The van der Waals surface area contributed by atoms with Crippen LogP contribution in [0.3, 0.4) is 0 Å². The Morgan fingerprint density at radius 3 is 2.81 bits per heavy atom. The van der Waals surface area contributed by atoms with Crippen molar-refractivity contribution in [3.05, 3.63) is 28.0 Å². The molecule has 2 aromatic rings. The van der Waals surface area contributed by atoms with Crippen LogP contribution in [-0.2, 0) is 19.4 Å². The van der Waals surface area contributed by atoms with E-state index < -0.39 is 0 Å². The maximum Gasteiger partial charge on any atom is 0.168 e. The molecule has 2 aromatic heterocycles.